The summed E-state index contributed by atoms with van der Waals surface area (Å²) < 4.78 is 5.60. The highest BCUT2D eigenvalue weighted by Crippen LogP contribution is 2.44. The van der Waals surface area contributed by atoms with Crippen LogP contribution in [0.15, 0.2) is 48.5 Å². The fourth-order valence-electron chi connectivity index (χ4n) is 4.85. The maximum atomic E-state index is 13.0. The molecule has 9 heteroatoms. The molecule has 3 atom stereocenters. The van der Waals surface area contributed by atoms with Gasteiger partial charge in [0.05, 0.1) is 0 Å². The first-order valence-corrected chi connectivity index (χ1v) is 13.4. The summed E-state index contributed by atoms with van der Waals surface area (Å²) in [5.41, 5.74) is 4.40. The van der Waals surface area contributed by atoms with Crippen molar-refractivity contribution in [3.8, 4) is 11.1 Å². The summed E-state index contributed by atoms with van der Waals surface area (Å²) in [6.45, 7) is 9.14. The molecule has 1 aliphatic rings. The van der Waals surface area contributed by atoms with Crippen molar-refractivity contribution in [2.24, 2.45) is 11.8 Å². The Morgan fingerprint density at radius 1 is 0.744 bits per heavy atom. The number of ether oxygens (including phenoxy) is 1. The third-order valence-corrected chi connectivity index (χ3v) is 6.73. The second-order valence-corrected chi connectivity index (χ2v) is 10.9. The van der Waals surface area contributed by atoms with Gasteiger partial charge in [-0.1, -0.05) is 76.2 Å². The van der Waals surface area contributed by atoms with Crippen molar-refractivity contribution in [1.29, 1.82) is 0 Å². The molecule has 210 valence electrons. The maximum absolute atomic E-state index is 13.0. The predicted octanol–water partition coefficient (Wildman–Crippen LogP) is 4.06. The number of carbonyl (C=O) groups is 4. The number of carbonyl (C=O) groups excluding carboxylic acids is 3. The van der Waals surface area contributed by atoms with Crippen LogP contribution in [-0.4, -0.2) is 53.7 Å². The van der Waals surface area contributed by atoms with Gasteiger partial charge in [0.1, 0.15) is 24.7 Å². The number of hydrogen-bond donors (Lipinski definition) is 4. The summed E-state index contributed by atoms with van der Waals surface area (Å²) >= 11 is 0. The first kappa shape index (κ1) is 29.7. The Labute approximate surface area is 229 Å². The maximum Gasteiger partial charge on any atom is 0.407 e. The van der Waals surface area contributed by atoms with E-state index >= 15 is 0 Å². The molecule has 0 aromatic heterocycles. The van der Waals surface area contributed by atoms with E-state index in [0.717, 1.165) is 22.3 Å². The molecule has 0 spiro atoms. The van der Waals surface area contributed by atoms with Crippen molar-refractivity contribution >= 4 is 23.9 Å². The standard InChI is InChI=1S/C30H39N3O6/c1-17(2)14-25(28(35)31-19(5)27(34)32-26(29(36)37)15-18(3)4)33-30(38)39-16-24-22-12-8-6-10-20(22)21-11-7-9-13-23(21)24/h6-13,17-19,24-26H,14-16H2,1-5H3,(H,31,35)(H,32,34)(H,33,38)(H,36,37)/t19-,25-,26-/m0/s1. The van der Waals surface area contributed by atoms with E-state index in [-0.39, 0.29) is 30.8 Å². The van der Waals surface area contributed by atoms with E-state index in [4.69, 9.17) is 4.74 Å². The van der Waals surface area contributed by atoms with E-state index in [0.29, 0.717) is 6.42 Å². The molecule has 0 radical (unpaired) electrons. The molecule has 0 saturated heterocycles. The normalized spacial score (nSPS) is 14.6. The van der Waals surface area contributed by atoms with Crippen LogP contribution in [0.4, 0.5) is 4.79 Å². The Morgan fingerprint density at radius 2 is 1.26 bits per heavy atom. The van der Waals surface area contributed by atoms with Gasteiger partial charge >= 0.3 is 12.1 Å². The van der Waals surface area contributed by atoms with E-state index in [1.807, 2.05) is 64.1 Å². The highest BCUT2D eigenvalue weighted by Gasteiger charge is 2.31. The lowest BCUT2D eigenvalue weighted by molar-refractivity contribution is -0.142. The molecule has 0 bridgehead atoms. The SMILES string of the molecule is CC(C)C[C@H](NC(=O)[C@H](C)NC(=O)[C@H](CC(C)C)NC(=O)OCC1c2ccccc2-c2ccccc21)C(=O)O. The molecule has 2 aromatic carbocycles. The Hall–Kier alpha value is -3.88. The minimum atomic E-state index is -1.13. The van der Waals surface area contributed by atoms with Crippen LogP contribution in [0.2, 0.25) is 0 Å². The van der Waals surface area contributed by atoms with Gasteiger partial charge in [-0.2, -0.15) is 0 Å². The van der Waals surface area contributed by atoms with E-state index in [2.05, 4.69) is 28.1 Å². The molecule has 1 aliphatic carbocycles. The molecule has 0 saturated carbocycles. The van der Waals surface area contributed by atoms with E-state index in [1.165, 1.54) is 6.92 Å². The number of rotatable bonds is 12. The van der Waals surface area contributed by atoms with E-state index in [1.54, 1.807) is 0 Å². The zero-order valence-corrected chi connectivity index (χ0v) is 23.2. The van der Waals surface area contributed by atoms with Crippen molar-refractivity contribution in [2.75, 3.05) is 6.61 Å². The molecule has 3 rings (SSSR count). The van der Waals surface area contributed by atoms with Crippen molar-refractivity contribution < 1.29 is 29.0 Å². The minimum Gasteiger partial charge on any atom is -0.480 e. The lowest BCUT2D eigenvalue weighted by Crippen LogP contribution is -2.55. The molecule has 0 heterocycles. The fourth-order valence-corrected chi connectivity index (χ4v) is 4.85. The number of benzene rings is 2. The third-order valence-electron chi connectivity index (χ3n) is 6.73. The van der Waals surface area contributed by atoms with Gasteiger partial charge in [0, 0.05) is 5.92 Å². The fraction of sp³-hybridized carbons (Fsp3) is 0.467. The van der Waals surface area contributed by atoms with Gasteiger partial charge in [-0.05, 0) is 53.9 Å². The molecule has 2 aromatic rings. The van der Waals surface area contributed by atoms with Gasteiger partial charge in [0.2, 0.25) is 11.8 Å². The number of carboxylic acid groups (broad SMARTS) is 1. The van der Waals surface area contributed by atoms with Crippen LogP contribution in [0.5, 0.6) is 0 Å². The van der Waals surface area contributed by atoms with Crippen LogP contribution in [0.3, 0.4) is 0 Å². The van der Waals surface area contributed by atoms with Crippen molar-refractivity contribution in [3.05, 3.63) is 59.7 Å². The second-order valence-electron chi connectivity index (χ2n) is 10.9. The summed E-state index contributed by atoms with van der Waals surface area (Å²) in [6.07, 6.45) is -0.131. The van der Waals surface area contributed by atoms with Gasteiger partial charge in [0.25, 0.3) is 0 Å². The van der Waals surface area contributed by atoms with Crippen LogP contribution >= 0.6 is 0 Å². The zero-order valence-electron chi connectivity index (χ0n) is 23.2. The number of amides is 3. The first-order valence-electron chi connectivity index (χ1n) is 13.4. The number of aliphatic carboxylic acids is 1. The Balaban J connectivity index is 1.61. The molecular formula is C30H39N3O6. The molecule has 0 unspecified atom stereocenters. The average Bonchev–Trinajstić information content (AvgIpc) is 3.19. The van der Waals surface area contributed by atoms with Crippen LogP contribution in [0, 0.1) is 11.8 Å². The van der Waals surface area contributed by atoms with Gasteiger partial charge in [-0.15, -0.1) is 0 Å². The summed E-state index contributed by atoms with van der Waals surface area (Å²) in [7, 11) is 0. The summed E-state index contributed by atoms with van der Waals surface area (Å²) in [5.74, 6) is -2.27. The number of hydrogen-bond acceptors (Lipinski definition) is 5. The van der Waals surface area contributed by atoms with E-state index < -0.39 is 42.0 Å². The molecule has 0 aliphatic heterocycles. The van der Waals surface area contributed by atoms with Crippen LogP contribution in [-0.2, 0) is 19.1 Å². The highest BCUT2D eigenvalue weighted by atomic mass is 16.5. The highest BCUT2D eigenvalue weighted by molar-refractivity contribution is 5.92. The largest absolute Gasteiger partial charge is 0.480 e. The van der Waals surface area contributed by atoms with Gasteiger partial charge in [-0.25, -0.2) is 9.59 Å². The number of carboxylic acids is 1. The lowest BCUT2D eigenvalue weighted by atomic mass is 9.98. The Morgan fingerprint density at radius 3 is 1.77 bits per heavy atom. The molecule has 9 nitrogen and oxygen atoms in total. The summed E-state index contributed by atoms with van der Waals surface area (Å²) in [4.78, 5) is 49.9. The topological polar surface area (TPSA) is 134 Å². The zero-order chi connectivity index (χ0) is 28.7. The quantitative estimate of drug-likeness (QED) is 0.323. The second kappa shape index (κ2) is 13.3. The minimum absolute atomic E-state index is 0.0631. The number of alkyl carbamates (subject to hydrolysis) is 1. The number of fused-ring (bicyclic) bond motifs is 3. The monoisotopic (exact) mass is 537 g/mol. The molecule has 3 amide bonds. The third kappa shape index (κ3) is 7.81. The van der Waals surface area contributed by atoms with Gasteiger partial charge < -0.3 is 25.8 Å². The van der Waals surface area contributed by atoms with Crippen LogP contribution in [0.25, 0.3) is 11.1 Å². The average molecular weight is 538 g/mol. The summed E-state index contributed by atoms with van der Waals surface area (Å²) in [6, 6.07) is 13.1. The van der Waals surface area contributed by atoms with Crippen molar-refractivity contribution in [1.82, 2.24) is 16.0 Å². The van der Waals surface area contributed by atoms with Gasteiger partial charge in [-0.3, -0.25) is 9.59 Å². The molecule has 0 fully saturated rings. The van der Waals surface area contributed by atoms with Crippen molar-refractivity contribution in [3.63, 3.8) is 0 Å². The molecule has 4 N–H and O–H groups in total. The van der Waals surface area contributed by atoms with Crippen LogP contribution < -0.4 is 16.0 Å². The van der Waals surface area contributed by atoms with Crippen molar-refractivity contribution in [2.45, 2.75) is 71.5 Å². The predicted molar refractivity (Wildman–Crippen MR) is 148 cm³/mol. The van der Waals surface area contributed by atoms with E-state index in [9.17, 15) is 24.3 Å². The first-order chi connectivity index (χ1) is 18.5. The smallest absolute Gasteiger partial charge is 0.407 e. The Bertz CT molecular complexity index is 1150. The molecular weight excluding hydrogens is 498 g/mol. The number of nitrogens with one attached hydrogen (secondary N) is 3. The molecule has 39 heavy (non-hydrogen) atoms. The Kier molecular flexibility index (Phi) is 10.1. The van der Waals surface area contributed by atoms with Gasteiger partial charge in [0.15, 0.2) is 0 Å². The lowest BCUT2D eigenvalue weighted by Gasteiger charge is -2.24. The van der Waals surface area contributed by atoms with Crippen LogP contribution in [0.1, 0.15) is 64.5 Å². The summed E-state index contributed by atoms with van der Waals surface area (Å²) in [5, 5.41) is 17.1.